The largest absolute Gasteiger partial charge is 0.378 e. The van der Waals surface area contributed by atoms with E-state index in [9.17, 15) is 0 Å². The molecule has 1 fully saturated rings. The van der Waals surface area contributed by atoms with Crippen molar-refractivity contribution in [3.63, 3.8) is 0 Å². The zero-order valence-electron chi connectivity index (χ0n) is 6.68. The van der Waals surface area contributed by atoms with Crippen LogP contribution in [-0.2, 0) is 4.74 Å². The van der Waals surface area contributed by atoms with Crippen molar-refractivity contribution < 1.29 is 4.74 Å². The van der Waals surface area contributed by atoms with Crippen LogP contribution in [0.3, 0.4) is 0 Å². The summed E-state index contributed by atoms with van der Waals surface area (Å²) >= 11 is 0. The highest BCUT2D eigenvalue weighted by Crippen LogP contribution is 2.18. The molecule has 2 heteroatoms. The van der Waals surface area contributed by atoms with E-state index in [1.165, 1.54) is 12.8 Å². The maximum atomic E-state index is 5.49. The summed E-state index contributed by atoms with van der Waals surface area (Å²) in [4.78, 5) is 0. The third kappa shape index (κ3) is 2.27. The molecule has 1 aliphatic rings. The molecule has 0 aromatic rings. The zero-order chi connectivity index (χ0) is 7.40. The van der Waals surface area contributed by atoms with Crippen LogP contribution in [0.4, 0.5) is 0 Å². The summed E-state index contributed by atoms with van der Waals surface area (Å²) in [6.45, 7) is 3.93. The average molecular weight is 143 g/mol. The van der Waals surface area contributed by atoms with Crippen molar-refractivity contribution in [2.45, 2.75) is 32.3 Å². The summed E-state index contributed by atoms with van der Waals surface area (Å²) in [6, 6.07) is 0. The summed E-state index contributed by atoms with van der Waals surface area (Å²) in [5, 5.41) is 0. The first-order valence-electron chi connectivity index (χ1n) is 4.14. The maximum absolute atomic E-state index is 5.49. The van der Waals surface area contributed by atoms with Crippen LogP contribution < -0.4 is 5.73 Å². The Balaban J connectivity index is 2.11. The monoisotopic (exact) mass is 143 g/mol. The molecule has 0 aromatic carbocycles. The molecular weight excluding hydrogens is 126 g/mol. The van der Waals surface area contributed by atoms with Gasteiger partial charge in [-0.25, -0.2) is 0 Å². The van der Waals surface area contributed by atoms with E-state index in [2.05, 4.69) is 6.92 Å². The Hall–Kier alpha value is -0.0800. The topological polar surface area (TPSA) is 35.2 Å². The van der Waals surface area contributed by atoms with Gasteiger partial charge in [-0.15, -0.1) is 0 Å². The Morgan fingerprint density at radius 1 is 1.70 bits per heavy atom. The first kappa shape index (κ1) is 8.02. The van der Waals surface area contributed by atoms with Crippen LogP contribution in [-0.4, -0.2) is 19.3 Å². The van der Waals surface area contributed by atoms with Crippen molar-refractivity contribution in [2.24, 2.45) is 11.7 Å². The minimum absolute atomic E-state index is 0.513. The number of hydrogen-bond donors (Lipinski definition) is 1. The second-order valence-corrected chi connectivity index (χ2v) is 3.21. The fraction of sp³-hybridized carbons (Fsp3) is 1.00. The summed E-state index contributed by atoms with van der Waals surface area (Å²) in [5.41, 5.74) is 5.49. The van der Waals surface area contributed by atoms with Gasteiger partial charge in [0.15, 0.2) is 0 Å². The van der Waals surface area contributed by atoms with Gasteiger partial charge in [-0.1, -0.05) is 6.92 Å². The van der Waals surface area contributed by atoms with Crippen molar-refractivity contribution in [3.8, 4) is 0 Å². The summed E-state index contributed by atoms with van der Waals surface area (Å²) in [7, 11) is 0. The molecule has 2 N–H and O–H groups in total. The van der Waals surface area contributed by atoms with Gasteiger partial charge in [0.2, 0.25) is 0 Å². The van der Waals surface area contributed by atoms with Crippen LogP contribution in [0.5, 0.6) is 0 Å². The van der Waals surface area contributed by atoms with Crippen molar-refractivity contribution in [3.05, 3.63) is 0 Å². The second-order valence-electron chi connectivity index (χ2n) is 3.21. The summed E-state index contributed by atoms with van der Waals surface area (Å²) < 4.78 is 5.47. The molecule has 1 rings (SSSR count). The lowest BCUT2D eigenvalue weighted by Crippen LogP contribution is -2.17. The third-order valence-corrected chi connectivity index (χ3v) is 2.09. The molecule has 1 aliphatic heterocycles. The first-order valence-corrected chi connectivity index (χ1v) is 4.14. The fourth-order valence-electron chi connectivity index (χ4n) is 1.38. The van der Waals surface area contributed by atoms with Crippen LogP contribution in [0, 0.1) is 5.92 Å². The van der Waals surface area contributed by atoms with Crippen molar-refractivity contribution in [1.29, 1.82) is 0 Å². The van der Waals surface area contributed by atoms with Crippen LogP contribution in [0.2, 0.25) is 0 Å². The maximum Gasteiger partial charge on any atom is 0.0579 e. The van der Waals surface area contributed by atoms with E-state index in [1.807, 2.05) is 0 Å². The number of ether oxygens (including phenoxy) is 1. The van der Waals surface area contributed by atoms with E-state index in [0.717, 1.165) is 19.6 Å². The molecule has 1 heterocycles. The molecule has 2 atom stereocenters. The predicted octanol–water partition coefficient (Wildman–Crippen LogP) is 1.15. The Morgan fingerprint density at radius 3 is 3.00 bits per heavy atom. The summed E-state index contributed by atoms with van der Waals surface area (Å²) in [6.07, 6.45) is 4.14. The average Bonchev–Trinajstić information content (AvgIpc) is 2.40. The molecule has 0 spiro atoms. The lowest BCUT2D eigenvalue weighted by Gasteiger charge is -2.13. The van der Waals surface area contributed by atoms with E-state index in [0.29, 0.717) is 12.0 Å². The minimum atomic E-state index is 0.513. The van der Waals surface area contributed by atoms with E-state index in [4.69, 9.17) is 10.5 Å². The van der Waals surface area contributed by atoms with Crippen LogP contribution >= 0.6 is 0 Å². The van der Waals surface area contributed by atoms with Crippen molar-refractivity contribution in [1.82, 2.24) is 0 Å². The standard InChI is InChI=1S/C8H17NO/c1-7(6-9)5-8-3-2-4-10-8/h7-8H,2-6,9H2,1H3. The van der Waals surface area contributed by atoms with Gasteiger partial charge >= 0.3 is 0 Å². The van der Waals surface area contributed by atoms with Crippen molar-refractivity contribution >= 4 is 0 Å². The SMILES string of the molecule is CC(CN)CC1CCCO1. The van der Waals surface area contributed by atoms with E-state index in [1.54, 1.807) is 0 Å². The van der Waals surface area contributed by atoms with E-state index < -0.39 is 0 Å². The molecule has 2 unspecified atom stereocenters. The lowest BCUT2D eigenvalue weighted by molar-refractivity contribution is 0.0927. The molecular formula is C8H17NO. The quantitative estimate of drug-likeness (QED) is 0.643. The highest BCUT2D eigenvalue weighted by molar-refractivity contribution is 4.68. The Bertz CT molecular complexity index is 89.3. The van der Waals surface area contributed by atoms with Gasteiger partial charge in [0.05, 0.1) is 6.10 Å². The van der Waals surface area contributed by atoms with Gasteiger partial charge in [0.1, 0.15) is 0 Å². The Kier molecular flexibility index (Phi) is 3.16. The first-order chi connectivity index (χ1) is 4.83. The molecule has 0 bridgehead atoms. The fourth-order valence-corrected chi connectivity index (χ4v) is 1.38. The van der Waals surface area contributed by atoms with Gasteiger partial charge < -0.3 is 10.5 Å². The molecule has 0 aromatic heterocycles. The molecule has 0 aliphatic carbocycles. The van der Waals surface area contributed by atoms with Crippen LogP contribution in [0.25, 0.3) is 0 Å². The molecule has 10 heavy (non-hydrogen) atoms. The van der Waals surface area contributed by atoms with Gasteiger partial charge in [-0.05, 0) is 31.7 Å². The van der Waals surface area contributed by atoms with E-state index >= 15 is 0 Å². The lowest BCUT2D eigenvalue weighted by atomic mass is 10.0. The van der Waals surface area contributed by atoms with Gasteiger partial charge in [0, 0.05) is 6.61 Å². The van der Waals surface area contributed by atoms with Crippen LogP contribution in [0.1, 0.15) is 26.2 Å². The van der Waals surface area contributed by atoms with Crippen molar-refractivity contribution in [2.75, 3.05) is 13.2 Å². The van der Waals surface area contributed by atoms with Gasteiger partial charge in [0.25, 0.3) is 0 Å². The zero-order valence-corrected chi connectivity index (χ0v) is 6.68. The molecule has 1 saturated heterocycles. The van der Waals surface area contributed by atoms with Crippen LogP contribution in [0.15, 0.2) is 0 Å². The highest BCUT2D eigenvalue weighted by Gasteiger charge is 2.17. The van der Waals surface area contributed by atoms with Gasteiger partial charge in [-0.3, -0.25) is 0 Å². The summed E-state index contributed by atoms with van der Waals surface area (Å²) in [5.74, 6) is 0.628. The Morgan fingerprint density at radius 2 is 2.50 bits per heavy atom. The predicted molar refractivity (Wildman–Crippen MR) is 41.8 cm³/mol. The molecule has 0 amide bonds. The third-order valence-electron chi connectivity index (χ3n) is 2.09. The minimum Gasteiger partial charge on any atom is -0.378 e. The number of hydrogen-bond acceptors (Lipinski definition) is 2. The molecule has 2 nitrogen and oxygen atoms in total. The Labute approximate surface area is 62.7 Å². The molecule has 0 radical (unpaired) electrons. The number of rotatable bonds is 3. The van der Waals surface area contributed by atoms with Gasteiger partial charge in [-0.2, -0.15) is 0 Å². The smallest absolute Gasteiger partial charge is 0.0579 e. The molecule has 60 valence electrons. The second kappa shape index (κ2) is 3.94. The normalized spacial score (nSPS) is 28.8. The van der Waals surface area contributed by atoms with E-state index in [-0.39, 0.29) is 0 Å². The number of nitrogens with two attached hydrogens (primary N) is 1. The highest BCUT2D eigenvalue weighted by atomic mass is 16.5. The molecule has 0 saturated carbocycles.